The summed E-state index contributed by atoms with van der Waals surface area (Å²) >= 11 is 0. The smallest absolute Gasteiger partial charge is 0.224 e. The molecule has 0 aromatic carbocycles. The molecule has 8 heteroatoms. The number of likely N-dealkylation sites (tertiary alicyclic amines) is 1. The molecule has 1 amide bonds. The normalized spacial score (nSPS) is 17.9. The van der Waals surface area contributed by atoms with E-state index in [9.17, 15) is 9.18 Å². The Morgan fingerprint density at radius 2 is 1.97 bits per heavy atom. The zero-order valence-electron chi connectivity index (χ0n) is 18.0. The van der Waals surface area contributed by atoms with E-state index in [1.54, 1.807) is 12.3 Å². The summed E-state index contributed by atoms with van der Waals surface area (Å²) in [7, 11) is 0. The average molecular weight is 435 g/mol. The number of carbonyl (C=O) groups is 1. The lowest BCUT2D eigenvalue weighted by molar-refractivity contribution is -0.132. The van der Waals surface area contributed by atoms with Gasteiger partial charge in [-0.1, -0.05) is 0 Å². The third-order valence-corrected chi connectivity index (χ3v) is 6.38. The van der Waals surface area contributed by atoms with Gasteiger partial charge in [-0.25, -0.2) is 9.37 Å². The molecule has 1 aliphatic heterocycles. The standard InChI is InChI=1S/C24H27FN6O/c25-18-7-10-23(27-15-18)29-19-8-9-20(26-16-19)22-6-3-12-30(22)24(32)11-13-31-21-5-2-1-4-17(21)14-28-31/h7-10,14-16,22H,1-6,11-13H2,(H,27,29). The van der Waals surface area contributed by atoms with Gasteiger partial charge in [-0.2, -0.15) is 5.10 Å². The molecule has 0 bridgehead atoms. The van der Waals surface area contributed by atoms with Crippen molar-refractivity contribution in [2.45, 2.75) is 57.5 Å². The molecule has 1 aliphatic carbocycles. The van der Waals surface area contributed by atoms with Gasteiger partial charge in [0.25, 0.3) is 0 Å². The van der Waals surface area contributed by atoms with Crippen LogP contribution >= 0.6 is 0 Å². The second kappa shape index (κ2) is 9.06. The third-order valence-electron chi connectivity index (χ3n) is 6.38. The molecule has 1 saturated heterocycles. The first-order chi connectivity index (χ1) is 15.7. The minimum atomic E-state index is -0.373. The Morgan fingerprint density at radius 1 is 1.06 bits per heavy atom. The van der Waals surface area contributed by atoms with Gasteiger partial charge in [-0.3, -0.25) is 14.5 Å². The van der Waals surface area contributed by atoms with Gasteiger partial charge in [0.05, 0.1) is 36.0 Å². The molecule has 0 saturated carbocycles. The van der Waals surface area contributed by atoms with Crippen molar-refractivity contribution in [3.05, 3.63) is 65.6 Å². The van der Waals surface area contributed by atoms with Crippen LogP contribution in [-0.4, -0.2) is 37.1 Å². The van der Waals surface area contributed by atoms with Crippen LogP contribution in [0.3, 0.4) is 0 Å². The van der Waals surface area contributed by atoms with Crippen LogP contribution in [0.15, 0.2) is 42.9 Å². The van der Waals surface area contributed by atoms with E-state index in [-0.39, 0.29) is 17.8 Å². The highest BCUT2D eigenvalue weighted by Crippen LogP contribution is 2.32. The molecule has 0 spiro atoms. The number of carbonyl (C=O) groups excluding carboxylic acids is 1. The summed E-state index contributed by atoms with van der Waals surface area (Å²) in [5.74, 6) is 0.342. The second-order valence-corrected chi connectivity index (χ2v) is 8.50. The monoisotopic (exact) mass is 434 g/mol. The Balaban J connectivity index is 1.21. The first-order valence-corrected chi connectivity index (χ1v) is 11.3. The van der Waals surface area contributed by atoms with Crippen LogP contribution < -0.4 is 5.32 Å². The number of pyridine rings is 2. The number of aromatic nitrogens is 4. The van der Waals surface area contributed by atoms with Gasteiger partial charge >= 0.3 is 0 Å². The Kier molecular flexibility index (Phi) is 5.83. The summed E-state index contributed by atoms with van der Waals surface area (Å²) < 4.78 is 15.1. The molecular weight excluding hydrogens is 407 g/mol. The number of fused-ring (bicyclic) bond motifs is 1. The molecule has 4 heterocycles. The fraction of sp³-hybridized carbons (Fsp3) is 0.417. The van der Waals surface area contributed by atoms with E-state index in [0.717, 1.165) is 43.6 Å². The number of nitrogens with one attached hydrogen (secondary N) is 1. The van der Waals surface area contributed by atoms with Gasteiger partial charge in [0.2, 0.25) is 5.91 Å². The molecule has 1 unspecified atom stereocenters. The topological polar surface area (TPSA) is 75.9 Å². The van der Waals surface area contributed by atoms with E-state index < -0.39 is 0 Å². The molecule has 3 aromatic rings. The number of aryl methyl sites for hydroxylation is 2. The highest BCUT2D eigenvalue weighted by molar-refractivity contribution is 5.77. The van der Waals surface area contributed by atoms with Crippen molar-refractivity contribution in [2.75, 3.05) is 11.9 Å². The molecule has 1 atom stereocenters. The second-order valence-electron chi connectivity index (χ2n) is 8.50. The van der Waals surface area contributed by atoms with E-state index >= 15 is 0 Å². The molecule has 7 nitrogen and oxygen atoms in total. The summed E-state index contributed by atoms with van der Waals surface area (Å²) in [4.78, 5) is 23.6. The number of hydrogen-bond acceptors (Lipinski definition) is 5. The molecule has 1 N–H and O–H groups in total. The predicted octanol–water partition coefficient (Wildman–Crippen LogP) is 4.19. The maximum Gasteiger partial charge on any atom is 0.224 e. The van der Waals surface area contributed by atoms with Gasteiger partial charge in [0.1, 0.15) is 11.6 Å². The maximum atomic E-state index is 13.0. The van der Waals surface area contributed by atoms with E-state index in [1.807, 2.05) is 27.9 Å². The summed E-state index contributed by atoms with van der Waals surface area (Å²) in [6, 6.07) is 6.82. The van der Waals surface area contributed by atoms with E-state index in [0.29, 0.717) is 18.8 Å². The molecule has 3 aromatic heterocycles. The maximum absolute atomic E-state index is 13.0. The van der Waals surface area contributed by atoms with Gasteiger partial charge in [0, 0.05) is 25.2 Å². The number of nitrogens with zero attached hydrogens (tertiary/aromatic N) is 5. The van der Waals surface area contributed by atoms with Gasteiger partial charge in [0.15, 0.2) is 0 Å². The van der Waals surface area contributed by atoms with Gasteiger partial charge < -0.3 is 10.2 Å². The third kappa shape index (κ3) is 4.35. The van der Waals surface area contributed by atoms with Crippen molar-refractivity contribution in [3.63, 3.8) is 0 Å². The lowest BCUT2D eigenvalue weighted by atomic mass is 9.98. The fourth-order valence-corrected chi connectivity index (χ4v) is 4.74. The number of amides is 1. The number of anilines is 2. The Hall–Kier alpha value is -3.29. The van der Waals surface area contributed by atoms with Gasteiger partial charge in [-0.15, -0.1) is 0 Å². The first-order valence-electron chi connectivity index (χ1n) is 11.3. The van der Waals surface area contributed by atoms with Crippen LogP contribution in [-0.2, 0) is 24.2 Å². The predicted molar refractivity (Wildman–Crippen MR) is 119 cm³/mol. The van der Waals surface area contributed by atoms with Crippen molar-refractivity contribution >= 4 is 17.4 Å². The summed E-state index contributed by atoms with van der Waals surface area (Å²) in [6.45, 7) is 1.40. The van der Waals surface area contributed by atoms with Crippen molar-refractivity contribution in [1.82, 2.24) is 24.6 Å². The van der Waals surface area contributed by atoms with Crippen LogP contribution in [0.2, 0.25) is 0 Å². The lowest BCUT2D eigenvalue weighted by Gasteiger charge is -2.25. The minimum Gasteiger partial charge on any atom is -0.339 e. The van der Waals surface area contributed by atoms with Crippen molar-refractivity contribution in [3.8, 4) is 0 Å². The molecule has 166 valence electrons. The summed E-state index contributed by atoms with van der Waals surface area (Å²) in [5.41, 5.74) is 4.32. The lowest BCUT2D eigenvalue weighted by Crippen LogP contribution is -2.31. The zero-order chi connectivity index (χ0) is 21.9. The van der Waals surface area contributed by atoms with Crippen LogP contribution in [0.25, 0.3) is 0 Å². The SMILES string of the molecule is O=C(CCn1ncc2c1CCCC2)N1CCCC1c1ccc(Nc2ccc(F)cn2)cn1. The van der Waals surface area contributed by atoms with E-state index in [2.05, 4.69) is 20.4 Å². The Labute approximate surface area is 186 Å². The zero-order valence-corrected chi connectivity index (χ0v) is 18.0. The van der Waals surface area contributed by atoms with Crippen molar-refractivity contribution < 1.29 is 9.18 Å². The summed E-state index contributed by atoms with van der Waals surface area (Å²) in [5, 5.41) is 7.64. The van der Waals surface area contributed by atoms with Crippen LogP contribution in [0.5, 0.6) is 0 Å². The molecule has 32 heavy (non-hydrogen) atoms. The van der Waals surface area contributed by atoms with Crippen molar-refractivity contribution in [2.24, 2.45) is 0 Å². The minimum absolute atomic E-state index is 0.00651. The number of hydrogen-bond donors (Lipinski definition) is 1. The summed E-state index contributed by atoms with van der Waals surface area (Å²) in [6.07, 6.45) is 11.8. The Morgan fingerprint density at radius 3 is 2.78 bits per heavy atom. The van der Waals surface area contributed by atoms with E-state index in [1.165, 1.54) is 36.4 Å². The van der Waals surface area contributed by atoms with E-state index in [4.69, 9.17) is 0 Å². The molecular formula is C24H27FN6O. The first kappa shape index (κ1) is 20.6. The highest BCUT2D eigenvalue weighted by atomic mass is 19.1. The highest BCUT2D eigenvalue weighted by Gasteiger charge is 2.30. The molecule has 0 radical (unpaired) electrons. The molecule has 5 rings (SSSR count). The number of halogens is 1. The van der Waals surface area contributed by atoms with Crippen LogP contribution in [0.1, 0.15) is 55.1 Å². The van der Waals surface area contributed by atoms with Crippen LogP contribution in [0, 0.1) is 5.82 Å². The fourth-order valence-electron chi connectivity index (χ4n) is 4.74. The molecule has 1 fully saturated rings. The average Bonchev–Trinajstić information content (AvgIpc) is 3.47. The van der Waals surface area contributed by atoms with Crippen molar-refractivity contribution in [1.29, 1.82) is 0 Å². The molecule has 2 aliphatic rings. The quantitative estimate of drug-likeness (QED) is 0.630. The van der Waals surface area contributed by atoms with Gasteiger partial charge in [-0.05, 0) is 68.4 Å². The van der Waals surface area contributed by atoms with Crippen LogP contribution in [0.4, 0.5) is 15.9 Å². The Bertz CT molecular complexity index is 1080. The number of rotatable bonds is 6. The largest absolute Gasteiger partial charge is 0.339 e.